The Balaban J connectivity index is 2.00. The van der Waals surface area contributed by atoms with E-state index in [1.807, 2.05) is 19.1 Å². The Morgan fingerprint density at radius 3 is 2.42 bits per heavy atom. The van der Waals surface area contributed by atoms with Crippen LogP contribution in [0.1, 0.15) is 18.1 Å². The molecule has 26 heavy (non-hydrogen) atoms. The van der Waals surface area contributed by atoms with Crippen LogP contribution in [0.15, 0.2) is 48.0 Å². The predicted molar refractivity (Wildman–Crippen MR) is 108 cm³/mol. The molecule has 2 amide bonds. The molecule has 0 radical (unpaired) electrons. The van der Waals surface area contributed by atoms with Gasteiger partial charge in [-0.05, 0) is 60.1 Å². The first-order valence-corrected chi connectivity index (χ1v) is 9.02. The first-order chi connectivity index (χ1) is 12.4. The Bertz CT molecular complexity index is 939. The highest BCUT2D eigenvalue weighted by atomic mass is 35.5. The largest absolute Gasteiger partial charge is 0.298 e. The van der Waals surface area contributed by atoms with E-state index in [0.29, 0.717) is 21.3 Å². The lowest BCUT2D eigenvalue weighted by atomic mass is 10.1. The molecule has 0 aliphatic carbocycles. The topological polar surface area (TPSA) is 49.4 Å². The number of thiocarbonyl (C=S) groups is 1. The Labute approximate surface area is 166 Å². The molecular formula is C19H14Cl2N2O2S. The summed E-state index contributed by atoms with van der Waals surface area (Å²) in [5.74, 6) is -1.07. The molecule has 1 N–H and O–H groups in total. The van der Waals surface area contributed by atoms with Crippen molar-refractivity contribution in [2.45, 2.75) is 13.3 Å². The molecule has 0 saturated carbocycles. The summed E-state index contributed by atoms with van der Waals surface area (Å²) in [6, 6.07) is 12.3. The first-order valence-electron chi connectivity index (χ1n) is 7.86. The number of carbonyl (C=O) groups excluding carboxylic acids is 2. The molecule has 0 unspecified atom stereocenters. The van der Waals surface area contributed by atoms with Crippen molar-refractivity contribution < 1.29 is 9.59 Å². The second kappa shape index (κ2) is 7.58. The van der Waals surface area contributed by atoms with Crippen LogP contribution in [0.3, 0.4) is 0 Å². The summed E-state index contributed by atoms with van der Waals surface area (Å²) in [5, 5.41) is 3.41. The highest BCUT2D eigenvalue weighted by molar-refractivity contribution is 7.80. The van der Waals surface area contributed by atoms with E-state index in [1.165, 1.54) is 11.0 Å². The third-order valence-electron chi connectivity index (χ3n) is 3.97. The van der Waals surface area contributed by atoms with Gasteiger partial charge in [0.1, 0.15) is 5.57 Å². The molecule has 3 rings (SSSR count). The predicted octanol–water partition coefficient (Wildman–Crippen LogP) is 4.39. The number of nitrogens with one attached hydrogen (secondary N) is 1. The third-order valence-corrected chi connectivity index (χ3v) is 4.81. The van der Waals surface area contributed by atoms with Gasteiger partial charge in [-0.3, -0.25) is 19.8 Å². The van der Waals surface area contributed by atoms with Crippen LogP contribution in [0.25, 0.3) is 6.08 Å². The third kappa shape index (κ3) is 3.65. The molecule has 1 aliphatic rings. The van der Waals surface area contributed by atoms with E-state index in [1.54, 1.807) is 30.3 Å². The van der Waals surface area contributed by atoms with Crippen LogP contribution in [0.5, 0.6) is 0 Å². The number of nitrogens with zero attached hydrogens (tertiary/aromatic N) is 1. The molecule has 0 bridgehead atoms. The van der Waals surface area contributed by atoms with Crippen molar-refractivity contribution in [1.29, 1.82) is 0 Å². The Morgan fingerprint density at radius 2 is 1.81 bits per heavy atom. The maximum atomic E-state index is 12.9. The zero-order chi connectivity index (χ0) is 18.8. The molecule has 1 saturated heterocycles. The van der Waals surface area contributed by atoms with Crippen LogP contribution in [0.4, 0.5) is 5.69 Å². The summed E-state index contributed by atoms with van der Waals surface area (Å²) in [4.78, 5) is 26.5. The number of hydrogen-bond donors (Lipinski definition) is 1. The van der Waals surface area contributed by atoms with Gasteiger partial charge >= 0.3 is 0 Å². The Morgan fingerprint density at radius 1 is 1.12 bits per heavy atom. The number of amides is 2. The smallest absolute Gasteiger partial charge is 0.270 e. The fourth-order valence-electron chi connectivity index (χ4n) is 2.55. The fraction of sp³-hybridized carbons (Fsp3) is 0.105. The van der Waals surface area contributed by atoms with Gasteiger partial charge < -0.3 is 0 Å². The second-order valence-electron chi connectivity index (χ2n) is 5.64. The number of hydrogen-bond acceptors (Lipinski definition) is 3. The number of halogens is 2. The van der Waals surface area contributed by atoms with Crippen LogP contribution < -0.4 is 10.2 Å². The molecule has 1 heterocycles. The second-order valence-corrected chi connectivity index (χ2v) is 6.87. The van der Waals surface area contributed by atoms with Crippen molar-refractivity contribution in [1.82, 2.24) is 5.32 Å². The van der Waals surface area contributed by atoms with Gasteiger partial charge in [-0.15, -0.1) is 0 Å². The van der Waals surface area contributed by atoms with Crippen LogP contribution in [-0.2, 0) is 16.0 Å². The van der Waals surface area contributed by atoms with Crippen molar-refractivity contribution >= 4 is 64.1 Å². The van der Waals surface area contributed by atoms with Crippen molar-refractivity contribution in [3.63, 3.8) is 0 Å². The van der Waals surface area contributed by atoms with Crippen LogP contribution >= 0.6 is 35.4 Å². The average molecular weight is 405 g/mol. The molecule has 4 nitrogen and oxygen atoms in total. The lowest BCUT2D eigenvalue weighted by Crippen LogP contribution is -2.54. The Kier molecular flexibility index (Phi) is 5.41. The van der Waals surface area contributed by atoms with Gasteiger partial charge in [0.2, 0.25) is 0 Å². The van der Waals surface area contributed by atoms with Crippen molar-refractivity contribution in [2.24, 2.45) is 0 Å². The molecule has 0 spiro atoms. The van der Waals surface area contributed by atoms with E-state index < -0.39 is 11.8 Å². The van der Waals surface area contributed by atoms with Gasteiger partial charge in [-0.2, -0.15) is 0 Å². The van der Waals surface area contributed by atoms with Crippen molar-refractivity contribution in [3.05, 3.63) is 69.2 Å². The standard InChI is InChI=1S/C19H14Cl2N2O2S/c1-2-11-3-7-14(8-4-11)23-18(25)15(17(24)22-19(23)26)9-12-5-6-13(20)10-16(12)21/h3-10H,2H2,1H3,(H,22,24,26). The molecule has 7 heteroatoms. The normalized spacial score (nSPS) is 16.2. The number of rotatable bonds is 3. The van der Waals surface area contributed by atoms with E-state index in [9.17, 15) is 9.59 Å². The van der Waals surface area contributed by atoms with E-state index in [-0.39, 0.29) is 10.7 Å². The highest BCUT2D eigenvalue weighted by Gasteiger charge is 2.34. The fourth-order valence-corrected chi connectivity index (χ4v) is 3.29. The summed E-state index contributed by atoms with van der Waals surface area (Å²) in [6.07, 6.45) is 2.32. The van der Waals surface area contributed by atoms with E-state index in [0.717, 1.165) is 12.0 Å². The van der Waals surface area contributed by atoms with Crippen molar-refractivity contribution in [2.75, 3.05) is 4.90 Å². The van der Waals surface area contributed by atoms with Gasteiger partial charge in [0.25, 0.3) is 11.8 Å². The zero-order valence-electron chi connectivity index (χ0n) is 13.8. The minimum absolute atomic E-state index is 0.0450. The number of carbonyl (C=O) groups is 2. The molecule has 2 aromatic rings. The average Bonchev–Trinajstić information content (AvgIpc) is 2.60. The molecule has 132 valence electrons. The summed E-state index contributed by atoms with van der Waals surface area (Å²) in [6.45, 7) is 2.04. The summed E-state index contributed by atoms with van der Waals surface area (Å²) >= 11 is 17.2. The number of benzene rings is 2. The van der Waals surface area contributed by atoms with Gasteiger partial charge in [-0.1, -0.05) is 48.3 Å². The van der Waals surface area contributed by atoms with Gasteiger partial charge in [0, 0.05) is 10.0 Å². The molecule has 0 aromatic heterocycles. The first kappa shape index (κ1) is 18.6. The molecule has 2 aromatic carbocycles. The van der Waals surface area contributed by atoms with E-state index in [2.05, 4.69) is 5.32 Å². The number of anilines is 1. The van der Waals surface area contributed by atoms with Crippen LogP contribution in [-0.4, -0.2) is 16.9 Å². The molecule has 1 aliphatic heterocycles. The lowest BCUT2D eigenvalue weighted by Gasteiger charge is -2.29. The summed E-state index contributed by atoms with van der Waals surface area (Å²) in [5.41, 5.74) is 2.19. The summed E-state index contributed by atoms with van der Waals surface area (Å²) < 4.78 is 0. The van der Waals surface area contributed by atoms with Crippen LogP contribution in [0.2, 0.25) is 10.0 Å². The van der Waals surface area contributed by atoms with E-state index in [4.69, 9.17) is 35.4 Å². The van der Waals surface area contributed by atoms with Crippen molar-refractivity contribution in [3.8, 4) is 0 Å². The minimum atomic E-state index is -0.563. The monoisotopic (exact) mass is 404 g/mol. The van der Waals surface area contributed by atoms with Gasteiger partial charge in [0.15, 0.2) is 5.11 Å². The van der Waals surface area contributed by atoms with Gasteiger partial charge in [-0.25, -0.2) is 0 Å². The zero-order valence-corrected chi connectivity index (χ0v) is 16.1. The maximum absolute atomic E-state index is 12.9. The highest BCUT2D eigenvalue weighted by Crippen LogP contribution is 2.26. The van der Waals surface area contributed by atoms with Gasteiger partial charge in [0.05, 0.1) is 5.69 Å². The van der Waals surface area contributed by atoms with Crippen LogP contribution in [0, 0.1) is 0 Å². The molecule has 0 atom stereocenters. The van der Waals surface area contributed by atoms with E-state index >= 15 is 0 Å². The lowest BCUT2D eigenvalue weighted by molar-refractivity contribution is -0.122. The SMILES string of the molecule is CCc1ccc(N2C(=O)C(=Cc3ccc(Cl)cc3Cl)C(=O)NC2=S)cc1. The maximum Gasteiger partial charge on any atom is 0.270 e. The minimum Gasteiger partial charge on any atom is -0.298 e. The quantitative estimate of drug-likeness (QED) is 0.468. The number of aryl methyl sites for hydroxylation is 1. The molecule has 1 fully saturated rings. The molecular weight excluding hydrogens is 391 g/mol. The Hall–Kier alpha value is -2.21. The summed E-state index contributed by atoms with van der Waals surface area (Å²) in [7, 11) is 0.